The van der Waals surface area contributed by atoms with Gasteiger partial charge in [-0.3, -0.25) is 0 Å². The van der Waals surface area contributed by atoms with Gasteiger partial charge in [0.25, 0.3) is 0 Å². The molecule has 2 aromatic rings. The summed E-state index contributed by atoms with van der Waals surface area (Å²) in [6.45, 7) is 0.511. The van der Waals surface area contributed by atoms with Crippen LogP contribution in [0.1, 0.15) is 5.56 Å². The van der Waals surface area contributed by atoms with Gasteiger partial charge in [-0.05, 0) is 17.2 Å². The van der Waals surface area contributed by atoms with Crippen LogP contribution in [0.2, 0.25) is 0 Å². The lowest BCUT2D eigenvalue weighted by Crippen LogP contribution is -1.95. The molecule has 0 saturated carbocycles. The molecular formula is C13H13ClFN. The molecule has 2 aromatic carbocycles. The number of rotatable bonds is 2. The maximum Gasteiger partial charge on any atom is 0.131 e. The summed E-state index contributed by atoms with van der Waals surface area (Å²) in [4.78, 5) is 0. The van der Waals surface area contributed by atoms with Crippen molar-refractivity contribution in [1.29, 1.82) is 0 Å². The summed E-state index contributed by atoms with van der Waals surface area (Å²) < 4.78 is 13.4. The molecule has 2 N–H and O–H groups in total. The van der Waals surface area contributed by atoms with Gasteiger partial charge in [-0.15, -0.1) is 12.4 Å². The van der Waals surface area contributed by atoms with Crippen molar-refractivity contribution < 1.29 is 4.39 Å². The van der Waals surface area contributed by atoms with Gasteiger partial charge in [0.2, 0.25) is 0 Å². The largest absolute Gasteiger partial charge is 0.326 e. The fourth-order valence-electron chi connectivity index (χ4n) is 1.52. The van der Waals surface area contributed by atoms with Crippen LogP contribution in [0.15, 0.2) is 48.5 Å². The monoisotopic (exact) mass is 237 g/mol. The van der Waals surface area contributed by atoms with Crippen LogP contribution in [0.5, 0.6) is 0 Å². The Morgan fingerprint density at radius 1 is 0.938 bits per heavy atom. The van der Waals surface area contributed by atoms with Gasteiger partial charge in [0.1, 0.15) is 5.82 Å². The maximum absolute atomic E-state index is 13.4. The van der Waals surface area contributed by atoms with E-state index in [4.69, 9.17) is 5.73 Å². The predicted molar refractivity (Wildman–Crippen MR) is 67.0 cm³/mol. The highest BCUT2D eigenvalue weighted by atomic mass is 35.5. The molecule has 0 unspecified atom stereocenters. The normalized spacial score (nSPS) is 9.62. The first kappa shape index (κ1) is 12.7. The Labute approximate surface area is 101 Å². The number of hydrogen-bond acceptors (Lipinski definition) is 1. The van der Waals surface area contributed by atoms with Crippen molar-refractivity contribution in [2.45, 2.75) is 6.54 Å². The molecule has 0 spiro atoms. The van der Waals surface area contributed by atoms with E-state index in [0.717, 1.165) is 11.1 Å². The van der Waals surface area contributed by atoms with Gasteiger partial charge in [-0.2, -0.15) is 0 Å². The van der Waals surface area contributed by atoms with Crippen molar-refractivity contribution in [1.82, 2.24) is 0 Å². The van der Waals surface area contributed by atoms with Crippen LogP contribution in [0.4, 0.5) is 4.39 Å². The van der Waals surface area contributed by atoms with E-state index in [0.29, 0.717) is 12.1 Å². The van der Waals surface area contributed by atoms with E-state index in [-0.39, 0.29) is 18.2 Å². The second-order valence-corrected chi connectivity index (χ2v) is 3.38. The standard InChI is InChI=1S/C13H12FN.ClH/c14-13-4-2-1-3-12(13)11-7-5-10(9-15)6-8-11;/h1-8H,9,15H2;1H. The predicted octanol–water partition coefficient (Wildman–Crippen LogP) is 3.37. The summed E-state index contributed by atoms with van der Waals surface area (Å²) in [5, 5.41) is 0. The molecule has 0 amide bonds. The summed E-state index contributed by atoms with van der Waals surface area (Å²) in [6, 6.07) is 14.4. The molecule has 0 aliphatic carbocycles. The van der Waals surface area contributed by atoms with Crippen molar-refractivity contribution in [3.8, 4) is 11.1 Å². The first-order chi connectivity index (χ1) is 7.31. The Kier molecular flexibility index (Phi) is 4.47. The van der Waals surface area contributed by atoms with Gasteiger partial charge >= 0.3 is 0 Å². The van der Waals surface area contributed by atoms with Crippen LogP contribution in [-0.4, -0.2) is 0 Å². The fraction of sp³-hybridized carbons (Fsp3) is 0.0769. The van der Waals surface area contributed by atoms with E-state index in [1.165, 1.54) is 6.07 Å². The lowest BCUT2D eigenvalue weighted by molar-refractivity contribution is 0.631. The lowest BCUT2D eigenvalue weighted by atomic mass is 10.0. The molecule has 0 fully saturated rings. The molecule has 2 rings (SSSR count). The van der Waals surface area contributed by atoms with Crippen LogP contribution < -0.4 is 5.73 Å². The molecule has 0 bridgehead atoms. The van der Waals surface area contributed by atoms with E-state index in [1.54, 1.807) is 12.1 Å². The third-order valence-corrected chi connectivity index (χ3v) is 2.37. The van der Waals surface area contributed by atoms with Crippen molar-refractivity contribution in [2.24, 2.45) is 5.73 Å². The third kappa shape index (κ3) is 2.60. The van der Waals surface area contributed by atoms with Crippen molar-refractivity contribution in [3.63, 3.8) is 0 Å². The Morgan fingerprint density at radius 3 is 2.12 bits per heavy atom. The first-order valence-corrected chi connectivity index (χ1v) is 4.85. The minimum absolute atomic E-state index is 0. The molecule has 0 atom stereocenters. The SMILES string of the molecule is Cl.NCc1ccc(-c2ccccc2F)cc1. The number of hydrogen-bond donors (Lipinski definition) is 1. The fourth-order valence-corrected chi connectivity index (χ4v) is 1.52. The van der Waals surface area contributed by atoms with Crippen LogP contribution in [0.3, 0.4) is 0 Å². The molecule has 0 saturated heterocycles. The van der Waals surface area contributed by atoms with Crippen LogP contribution in [-0.2, 0) is 6.54 Å². The molecule has 84 valence electrons. The second-order valence-electron chi connectivity index (χ2n) is 3.38. The van der Waals surface area contributed by atoms with E-state index < -0.39 is 0 Å². The summed E-state index contributed by atoms with van der Waals surface area (Å²) in [5.41, 5.74) is 8.05. The summed E-state index contributed by atoms with van der Waals surface area (Å²) in [7, 11) is 0. The van der Waals surface area contributed by atoms with Gasteiger partial charge in [0.05, 0.1) is 0 Å². The van der Waals surface area contributed by atoms with E-state index in [1.807, 2.05) is 30.3 Å². The van der Waals surface area contributed by atoms with Crippen LogP contribution in [0, 0.1) is 5.82 Å². The number of benzene rings is 2. The molecule has 0 aliphatic rings. The molecule has 3 heteroatoms. The van der Waals surface area contributed by atoms with Crippen LogP contribution in [0.25, 0.3) is 11.1 Å². The van der Waals surface area contributed by atoms with Gasteiger partial charge in [0, 0.05) is 12.1 Å². The Hall–Kier alpha value is -1.38. The molecule has 0 radical (unpaired) electrons. The maximum atomic E-state index is 13.4. The third-order valence-electron chi connectivity index (χ3n) is 2.37. The lowest BCUT2D eigenvalue weighted by Gasteiger charge is -2.04. The van der Waals surface area contributed by atoms with Gasteiger partial charge in [-0.1, -0.05) is 42.5 Å². The Morgan fingerprint density at radius 2 is 1.56 bits per heavy atom. The van der Waals surface area contributed by atoms with E-state index >= 15 is 0 Å². The Bertz CT molecular complexity index is 454. The highest BCUT2D eigenvalue weighted by Gasteiger charge is 2.02. The summed E-state index contributed by atoms with van der Waals surface area (Å²) in [6.07, 6.45) is 0. The van der Waals surface area contributed by atoms with Crippen molar-refractivity contribution in [3.05, 3.63) is 59.9 Å². The number of halogens is 2. The number of nitrogens with two attached hydrogens (primary N) is 1. The highest BCUT2D eigenvalue weighted by Crippen LogP contribution is 2.22. The van der Waals surface area contributed by atoms with Crippen LogP contribution >= 0.6 is 12.4 Å². The zero-order valence-corrected chi connectivity index (χ0v) is 9.51. The van der Waals surface area contributed by atoms with Crippen molar-refractivity contribution in [2.75, 3.05) is 0 Å². The summed E-state index contributed by atoms with van der Waals surface area (Å²) in [5.74, 6) is -0.196. The van der Waals surface area contributed by atoms with Gasteiger partial charge in [0.15, 0.2) is 0 Å². The average Bonchev–Trinajstić information content (AvgIpc) is 2.30. The average molecular weight is 238 g/mol. The second kappa shape index (κ2) is 5.64. The summed E-state index contributed by atoms with van der Waals surface area (Å²) >= 11 is 0. The topological polar surface area (TPSA) is 26.0 Å². The minimum atomic E-state index is -0.196. The van der Waals surface area contributed by atoms with Gasteiger partial charge in [-0.25, -0.2) is 4.39 Å². The Balaban J connectivity index is 0.00000128. The van der Waals surface area contributed by atoms with E-state index in [9.17, 15) is 4.39 Å². The molecule has 1 nitrogen and oxygen atoms in total. The smallest absolute Gasteiger partial charge is 0.131 e. The molecule has 0 heterocycles. The quantitative estimate of drug-likeness (QED) is 0.852. The minimum Gasteiger partial charge on any atom is -0.326 e. The van der Waals surface area contributed by atoms with E-state index in [2.05, 4.69) is 0 Å². The molecule has 0 aliphatic heterocycles. The van der Waals surface area contributed by atoms with Gasteiger partial charge < -0.3 is 5.73 Å². The molecule has 0 aromatic heterocycles. The molecular weight excluding hydrogens is 225 g/mol. The first-order valence-electron chi connectivity index (χ1n) is 4.85. The highest BCUT2D eigenvalue weighted by molar-refractivity contribution is 5.85. The zero-order valence-electron chi connectivity index (χ0n) is 8.69. The van der Waals surface area contributed by atoms with Crippen molar-refractivity contribution >= 4 is 12.4 Å². The zero-order chi connectivity index (χ0) is 10.7. The molecule has 16 heavy (non-hydrogen) atoms.